The highest BCUT2D eigenvalue weighted by molar-refractivity contribution is 5.90. The van der Waals surface area contributed by atoms with Crippen molar-refractivity contribution in [2.75, 3.05) is 32.6 Å². The summed E-state index contributed by atoms with van der Waals surface area (Å²) in [5.41, 5.74) is 0.641. The van der Waals surface area contributed by atoms with Crippen molar-refractivity contribution in [2.45, 2.75) is 12.5 Å². The summed E-state index contributed by atoms with van der Waals surface area (Å²) in [6, 6.07) is 6.76. The van der Waals surface area contributed by atoms with E-state index in [1.54, 1.807) is 49.6 Å². The standard InChI is InChI=1S/C17H20N4O4/c1-23-14-4-3-12(9-15(14)24-2)20-17(22)21-8-6-13(10-21)25-16-5-7-18-11-19-16/h3-5,7,9,11,13H,6,8,10H2,1-2H3,(H,20,22)/t13-/m1/s1. The zero-order chi connectivity index (χ0) is 17.6. The van der Waals surface area contributed by atoms with Gasteiger partial charge in [-0.15, -0.1) is 0 Å². The number of nitrogens with zero attached hydrogens (tertiary/aromatic N) is 3. The van der Waals surface area contributed by atoms with Crippen molar-refractivity contribution in [1.29, 1.82) is 0 Å². The van der Waals surface area contributed by atoms with Gasteiger partial charge in [0, 0.05) is 37.0 Å². The number of carbonyl (C=O) groups excluding carboxylic acids is 1. The summed E-state index contributed by atoms with van der Waals surface area (Å²) in [6.45, 7) is 1.12. The molecule has 1 N–H and O–H groups in total. The molecule has 8 heteroatoms. The molecule has 0 aliphatic carbocycles. The number of likely N-dealkylation sites (tertiary alicyclic amines) is 1. The summed E-state index contributed by atoms with van der Waals surface area (Å²) in [5, 5.41) is 2.86. The predicted octanol–water partition coefficient (Wildman–Crippen LogP) is 2.18. The number of amides is 2. The molecule has 1 aliphatic rings. The second kappa shape index (κ2) is 7.69. The van der Waals surface area contributed by atoms with Crippen LogP contribution in [0.2, 0.25) is 0 Å². The molecule has 2 aromatic rings. The molecule has 1 aromatic carbocycles. The minimum Gasteiger partial charge on any atom is -0.493 e. The Kier molecular flexibility index (Phi) is 5.17. The topological polar surface area (TPSA) is 85.8 Å². The smallest absolute Gasteiger partial charge is 0.321 e. The SMILES string of the molecule is COc1ccc(NC(=O)N2CC[C@@H](Oc3ccncn3)C2)cc1OC. The number of nitrogens with one attached hydrogen (secondary N) is 1. The first-order valence-corrected chi connectivity index (χ1v) is 7.90. The highest BCUT2D eigenvalue weighted by Crippen LogP contribution is 2.30. The number of aromatic nitrogens is 2. The molecule has 0 bridgehead atoms. The molecule has 25 heavy (non-hydrogen) atoms. The molecule has 1 atom stereocenters. The Morgan fingerprint density at radius 1 is 1.24 bits per heavy atom. The summed E-state index contributed by atoms with van der Waals surface area (Å²) >= 11 is 0. The van der Waals surface area contributed by atoms with Crippen LogP contribution in [0.3, 0.4) is 0 Å². The lowest BCUT2D eigenvalue weighted by molar-refractivity contribution is 0.189. The third-order valence-corrected chi connectivity index (χ3v) is 3.91. The molecule has 8 nitrogen and oxygen atoms in total. The molecule has 132 valence electrons. The normalized spacial score (nSPS) is 16.4. The van der Waals surface area contributed by atoms with Crippen molar-refractivity contribution in [3.63, 3.8) is 0 Å². The van der Waals surface area contributed by atoms with Gasteiger partial charge in [0.1, 0.15) is 12.4 Å². The molecule has 1 saturated heterocycles. The van der Waals surface area contributed by atoms with E-state index in [4.69, 9.17) is 14.2 Å². The van der Waals surface area contributed by atoms with Crippen LogP contribution in [-0.2, 0) is 0 Å². The van der Waals surface area contributed by atoms with Gasteiger partial charge in [-0.05, 0) is 12.1 Å². The first-order valence-electron chi connectivity index (χ1n) is 7.90. The molecular formula is C17H20N4O4. The molecule has 0 spiro atoms. The molecule has 2 amide bonds. The fourth-order valence-corrected chi connectivity index (χ4v) is 2.64. The van der Waals surface area contributed by atoms with E-state index in [1.807, 2.05) is 0 Å². The van der Waals surface area contributed by atoms with Crippen molar-refractivity contribution >= 4 is 11.7 Å². The molecule has 2 heterocycles. The highest BCUT2D eigenvalue weighted by Gasteiger charge is 2.28. The summed E-state index contributed by atoms with van der Waals surface area (Å²) in [7, 11) is 3.12. The molecule has 0 radical (unpaired) electrons. The number of methoxy groups -OCH3 is 2. The summed E-state index contributed by atoms with van der Waals surface area (Å²) in [5.74, 6) is 1.69. The van der Waals surface area contributed by atoms with Crippen LogP contribution in [0.5, 0.6) is 17.4 Å². The van der Waals surface area contributed by atoms with E-state index in [0.29, 0.717) is 36.2 Å². The Morgan fingerprint density at radius 3 is 2.80 bits per heavy atom. The maximum atomic E-state index is 12.4. The van der Waals surface area contributed by atoms with E-state index in [0.717, 1.165) is 6.42 Å². The number of hydrogen-bond acceptors (Lipinski definition) is 6. The van der Waals surface area contributed by atoms with Gasteiger partial charge < -0.3 is 24.4 Å². The predicted molar refractivity (Wildman–Crippen MR) is 91.2 cm³/mol. The van der Waals surface area contributed by atoms with Crippen LogP contribution >= 0.6 is 0 Å². The molecule has 1 aromatic heterocycles. The molecule has 1 aliphatic heterocycles. The van der Waals surface area contributed by atoms with E-state index in [-0.39, 0.29) is 12.1 Å². The largest absolute Gasteiger partial charge is 0.493 e. The highest BCUT2D eigenvalue weighted by atomic mass is 16.5. The molecule has 0 unspecified atom stereocenters. The minimum absolute atomic E-state index is 0.0777. The van der Waals surface area contributed by atoms with Gasteiger partial charge in [-0.2, -0.15) is 0 Å². The number of ether oxygens (including phenoxy) is 3. The first-order chi connectivity index (χ1) is 12.2. The lowest BCUT2D eigenvalue weighted by atomic mass is 10.3. The van der Waals surface area contributed by atoms with Crippen LogP contribution in [-0.4, -0.2) is 54.3 Å². The van der Waals surface area contributed by atoms with Crippen molar-refractivity contribution in [2.24, 2.45) is 0 Å². The maximum Gasteiger partial charge on any atom is 0.321 e. The molecule has 0 saturated carbocycles. The second-order valence-corrected chi connectivity index (χ2v) is 5.52. The summed E-state index contributed by atoms with van der Waals surface area (Å²) in [6.07, 6.45) is 3.74. The number of carbonyl (C=O) groups is 1. The summed E-state index contributed by atoms with van der Waals surface area (Å²) < 4.78 is 16.2. The molecule has 3 rings (SSSR count). The number of rotatable bonds is 5. The van der Waals surface area contributed by atoms with Crippen molar-refractivity contribution in [3.8, 4) is 17.4 Å². The Bertz CT molecular complexity index is 726. The quantitative estimate of drug-likeness (QED) is 0.895. The van der Waals surface area contributed by atoms with Crippen molar-refractivity contribution in [1.82, 2.24) is 14.9 Å². The van der Waals surface area contributed by atoms with E-state index in [1.165, 1.54) is 6.33 Å². The van der Waals surface area contributed by atoms with Crippen LogP contribution in [0.1, 0.15) is 6.42 Å². The Balaban J connectivity index is 1.57. The number of benzene rings is 1. The Hall–Kier alpha value is -3.03. The maximum absolute atomic E-state index is 12.4. The van der Waals surface area contributed by atoms with Gasteiger partial charge in [-0.1, -0.05) is 0 Å². The molecule has 1 fully saturated rings. The van der Waals surface area contributed by atoms with Gasteiger partial charge in [0.2, 0.25) is 5.88 Å². The van der Waals surface area contributed by atoms with E-state index in [9.17, 15) is 4.79 Å². The van der Waals surface area contributed by atoms with Gasteiger partial charge >= 0.3 is 6.03 Å². The lowest BCUT2D eigenvalue weighted by Crippen LogP contribution is -2.34. The average Bonchev–Trinajstić information content (AvgIpc) is 3.11. The van der Waals surface area contributed by atoms with Crippen molar-refractivity contribution < 1.29 is 19.0 Å². The average molecular weight is 344 g/mol. The fourth-order valence-electron chi connectivity index (χ4n) is 2.64. The van der Waals surface area contributed by atoms with Crippen LogP contribution in [0.15, 0.2) is 36.8 Å². The van der Waals surface area contributed by atoms with Gasteiger partial charge in [0.25, 0.3) is 0 Å². The van der Waals surface area contributed by atoms with Crippen LogP contribution in [0.25, 0.3) is 0 Å². The zero-order valence-electron chi connectivity index (χ0n) is 14.1. The Morgan fingerprint density at radius 2 is 2.08 bits per heavy atom. The van der Waals surface area contributed by atoms with Crippen LogP contribution < -0.4 is 19.5 Å². The van der Waals surface area contributed by atoms with E-state index >= 15 is 0 Å². The first kappa shape index (κ1) is 16.8. The van der Waals surface area contributed by atoms with Crippen LogP contribution in [0.4, 0.5) is 10.5 Å². The Labute approximate surface area is 145 Å². The number of hydrogen-bond donors (Lipinski definition) is 1. The summed E-state index contributed by atoms with van der Waals surface area (Å²) in [4.78, 5) is 22.0. The van der Waals surface area contributed by atoms with Gasteiger partial charge in [-0.25, -0.2) is 14.8 Å². The second-order valence-electron chi connectivity index (χ2n) is 5.52. The zero-order valence-corrected chi connectivity index (χ0v) is 14.1. The van der Waals surface area contributed by atoms with Gasteiger partial charge in [-0.3, -0.25) is 0 Å². The van der Waals surface area contributed by atoms with E-state index in [2.05, 4.69) is 15.3 Å². The monoisotopic (exact) mass is 344 g/mol. The van der Waals surface area contributed by atoms with Gasteiger partial charge in [0.15, 0.2) is 11.5 Å². The number of anilines is 1. The third kappa shape index (κ3) is 4.09. The lowest BCUT2D eigenvalue weighted by Gasteiger charge is -2.18. The van der Waals surface area contributed by atoms with Gasteiger partial charge in [0.05, 0.1) is 20.8 Å². The molecular weight excluding hydrogens is 324 g/mol. The minimum atomic E-state index is -0.180. The van der Waals surface area contributed by atoms with E-state index < -0.39 is 0 Å². The number of urea groups is 1. The van der Waals surface area contributed by atoms with Crippen LogP contribution in [0, 0.1) is 0 Å². The fraction of sp³-hybridized carbons (Fsp3) is 0.353. The third-order valence-electron chi connectivity index (χ3n) is 3.91. The van der Waals surface area contributed by atoms with Crippen molar-refractivity contribution in [3.05, 3.63) is 36.8 Å².